The maximum atomic E-state index is 10.1. The van der Waals surface area contributed by atoms with Gasteiger partial charge < -0.3 is 0 Å². The van der Waals surface area contributed by atoms with Gasteiger partial charge in [-0.05, 0) is 30.4 Å². The van der Waals surface area contributed by atoms with Crippen molar-refractivity contribution in [1.29, 1.82) is 0 Å². The molecule has 0 aliphatic carbocycles. The van der Waals surface area contributed by atoms with Crippen LogP contribution in [0.25, 0.3) is 0 Å². The van der Waals surface area contributed by atoms with Gasteiger partial charge >= 0.3 is 0 Å². The zero-order valence-corrected chi connectivity index (χ0v) is 10.2. The fraction of sp³-hybridized carbons (Fsp3) is 0.364. The normalized spacial score (nSPS) is 11.9. The number of isocyanates is 1. The summed E-state index contributed by atoms with van der Waals surface area (Å²) in [4.78, 5) is 14.8. The predicted octanol–water partition coefficient (Wildman–Crippen LogP) is 3.85. The van der Waals surface area contributed by atoms with Gasteiger partial charge in [0, 0.05) is 4.90 Å². The average molecular weight is 242 g/mol. The Balaban J connectivity index is 2.95. The van der Waals surface area contributed by atoms with E-state index >= 15 is 0 Å². The van der Waals surface area contributed by atoms with Crippen molar-refractivity contribution in [2.75, 3.05) is 5.75 Å². The maximum absolute atomic E-state index is 10.1. The van der Waals surface area contributed by atoms with Crippen molar-refractivity contribution < 1.29 is 4.79 Å². The Morgan fingerprint density at radius 3 is 2.87 bits per heavy atom. The zero-order chi connectivity index (χ0) is 11.3. The first-order valence-electron chi connectivity index (χ1n) is 4.68. The van der Waals surface area contributed by atoms with Crippen LogP contribution in [0.15, 0.2) is 28.1 Å². The quantitative estimate of drug-likeness (QED) is 0.455. The summed E-state index contributed by atoms with van der Waals surface area (Å²) < 4.78 is 0. The van der Waals surface area contributed by atoms with Crippen molar-refractivity contribution in [3.63, 3.8) is 0 Å². The maximum Gasteiger partial charge on any atom is 0.235 e. The molecule has 0 spiro atoms. The molecule has 0 radical (unpaired) electrons. The fourth-order valence-corrected chi connectivity index (χ4v) is 2.23. The molecule has 1 aromatic carbocycles. The molecule has 0 aromatic heterocycles. The molecule has 0 amide bonds. The van der Waals surface area contributed by atoms with E-state index in [1.807, 2.05) is 25.1 Å². The molecule has 0 heterocycles. The van der Waals surface area contributed by atoms with Gasteiger partial charge in [0.2, 0.25) is 6.08 Å². The summed E-state index contributed by atoms with van der Waals surface area (Å²) in [6.45, 7) is 3.91. The molecule has 1 atom stereocenters. The molecule has 15 heavy (non-hydrogen) atoms. The lowest BCUT2D eigenvalue weighted by Gasteiger charge is -2.07. The van der Waals surface area contributed by atoms with Gasteiger partial charge in [-0.1, -0.05) is 24.6 Å². The van der Waals surface area contributed by atoms with Crippen LogP contribution in [-0.2, 0) is 4.79 Å². The van der Waals surface area contributed by atoms with Crippen LogP contribution < -0.4 is 0 Å². The molecule has 0 bridgehead atoms. The lowest BCUT2D eigenvalue weighted by molar-refractivity contribution is 0.559. The molecule has 80 valence electrons. The van der Waals surface area contributed by atoms with E-state index in [4.69, 9.17) is 11.6 Å². The topological polar surface area (TPSA) is 29.4 Å². The van der Waals surface area contributed by atoms with Crippen LogP contribution >= 0.6 is 23.4 Å². The van der Waals surface area contributed by atoms with Crippen molar-refractivity contribution in [1.82, 2.24) is 0 Å². The summed E-state index contributed by atoms with van der Waals surface area (Å²) in [5.74, 6) is 0.987. The zero-order valence-electron chi connectivity index (χ0n) is 8.66. The molecule has 1 unspecified atom stereocenters. The second-order valence-corrected chi connectivity index (χ2v) is 4.73. The molecule has 0 N–H and O–H groups in total. The van der Waals surface area contributed by atoms with Crippen LogP contribution in [0.3, 0.4) is 0 Å². The molecule has 0 saturated heterocycles. The number of halogens is 1. The van der Waals surface area contributed by atoms with Crippen LogP contribution in [0.1, 0.15) is 25.5 Å². The van der Waals surface area contributed by atoms with Gasteiger partial charge in [-0.25, -0.2) is 4.79 Å². The highest BCUT2D eigenvalue weighted by atomic mass is 35.5. The van der Waals surface area contributed by atoms with Gasteiger partial charge in [0.1, 0.15) is 0 Å². The lowest BCUT2D eigenvalue weighted by Crippen LogP contribution is -1.89. The minimum Gasteiger partial charge on any atom is -0.211 e. The van der Waals surface area contributed by atoms with Crippen LogP contribution in [0.5, 0.6) is 0 Å². The van der Waals surface area contributed by atoms with E-state index in [1.54, 1.807) is 17.8 Å². The van der Waals surface area contributed by atoms with E-state index in [2.05, 4.69) is 11.9 Å². The Morgan fingerprint density at radius 2 is 2.33 bits per heavy atom. The van der Waals surface area contributed by atoms with Crippen molar-refractivity contribution in [2.45, 2.75) is 24.8 Å². The number of hydrogen-bond acceptors (Lipinski definition) is 3. The second-order valence-electron chi connectivity index (χ2n) is 3.02. The first-order chi connectivity index (χ1) is 7.19. The van der Waals surface area contributed by atoms with Crippen LogP contribution in [0.2, 0.25) is 5.02 Å². The molecular weight excluding hydrogens is 230 g/mol. The highest BCUT2D eigenvalue weighted by molar-refractivity contribution is 7.99. The van der Waals surface area contributed by atoms with E-state index in [0.717, 1.165) is 16.2 Å². The molecule has 0 aliphatic heterocycles. The first-order valence-corrected chi connectivity index (χ1v) is 6.04. The number of rotatable bonds is 4. The average Bonchev–Trinajstić information content (AvgIpc) is 2.21. The number of hydrogen-bond donors (Lipinski definition) is 0. The van der Waals surface area contributed by atoms with Crippen molar-refractivity contribution >= 4 is 29.4 Å². The van der Waals surface area contributed by atoms with Gasteiger partial charge in [0.25, 0.3) is 0 Å². The first kappa shape index (κ1) is 12.3. The van der Waals surface area contributed by atoms with E-state index in [9.17, 15) is 4.79 Å². The van der Waals surface area contributed by atoms with Gasteiger partial charge in [0.15, 0.2) is 0 Å². The van der Waals surface area contributed by atoms with Gasteiger partial charge in [-0.3, -0.25) is 0 Å². The van der Waals surface area contributed by atoms with Gasteiger partial charge in [0.05, 0.1) is 11.1 Å². The highest BCUT2D eigenvalue weighted by Crippen LogP contribution is 2.30. The SMILES string of the molecule is CCSc1ccc(C(C)N=C=O)cc1Cl. The Bertz CT molecular complexity index is 388. The molecule has 1 aromatic rings. The number of aliphatic imine (C=N–C) groups is 1. The lowest BCUT2D eigenvalue weighted by atomic mass is 10.1. The Kier molecular flexibility index (Phi) is 4.89. The number of carbonyl (C=O) groups excluding carboxylic acids is 1. The smallest absolute Gasteiger partial charge is 0.211 e. The summed E-state index contributed by atoms with van der Waals surface area (Å²) in [7, 11) is 0. The largest absolute Gasteiger partial charge is 0.235 e. The molecular formula is C11H12ClNOS. The van der Waals surface area contributed by atoms with E-state index in [-0.39, 0.29) is 6.04 Å². The summed E-state index contributed by atoms with van der Waals surface area (Å²) in [6.07, 6.45) is 1.55. The highest BCUT2D eigenvalue weighted by Gasteiger charge is 2.06. The summed E-state index contributed by atoms with van der Waals surface area (Å²) in [5, 5.41) is 0.715. The van der Waals surface area contributed by atoms with E-state index in [0.29, 0.717) is 5.02 Å². The number of thioether (sulfide) groups is 1. The fourth-order valence-electron chi connectivity index (χ4n) is 1.20. The van der Waals surface area contributed by atoms with Crippen molar-refractivity contribution in [2.24, 2.45) is 4.99 Å². The Labute approximate surface area is 98.7 Å². The van der Waals surface area contributed by atoms with Gasteiger partial charge in [-0.2, -0.15) is 4.99 Å². The standard InChI is InChI=1S/C11H12ClNOS/c1-3-15-11-5-4-9(6-10(11)12)8(2)13-7-14/h4-6,8H,3H2,1-2H3. The van der Waals surface area contributed by atoms with Crippen molar-refractivity contribution in [3.05, 3.63) is 28.8 Å². The van der Waals surface area contributed by atoms with E-state index < -0.39 is 0 Å². The summed E-state index contributed by atoms with van der Waals surface area (Å²) in [6, 6.07) is 5.57. The van der Waals surface area contributed by atoms with Crippen LogP contribution in [0, 0.1) is 0 Å². The van der Waals surface area contributed by atoms with Crippen molar-refractivity contribution in [3.8, 4) is 0 Å². The second kappa shape index (κ2) is 5.96. The molecule has 0 aliphatic rings. The molecule has 4 heteroatoms. The van der Waals surface area contributed by atoms with Crippen LogP contribution in [-0.4, -0.2) is 11.8 Å². The molecule has 0 fully saturated rings. The number of benzene rings is 1. The minimum atomic E-state index is -0.180. The Hall–Kier alpha value is -0.760. The number of nitrogens with zero attached hydrogens (tertiary/aromatic N) is 1. The third-order valence-electron chi connectivity index (χ3n) is 1.98. The minimum absolute atomic E-state index is 0.180. The third kappa shape index (κ3) is 3.38. The summed E-state index contributed by atoms with van der Waals surface area (Å²) in [5.41, 5.74) is 0.934. The molecule has 1 rings (SSSR count). The predicted molar refractivity (Wildman–Crippen MR) is 64.4 cm³/mol. The monoisotopic (exact) mass is 241 g/mol. The van der Waals surface area contributed by atoms with Gasteiger partial charge in [-0.15, -0.1) is 11.8 Å². The third-order valence-corrected chi connectivity index (χ3v) is 3.36. The van der Waals surface area contributed by atoms with E-state index in [1.165, 1.54) is 0 Å². The molecule has 2 nitrogen and oxygen atoms in total. The van der Waals surface area contributed by atoms with Crippen LogP contribution in [0.4, 0.5) is 0 Å². The Morgan fingerprint density at radius 1 is 1.60 bits per heavy atom. The summed E-state index contributed by atoms with van der Waals surface area (Å²) >= 11 is 7.79. The molecule has 0 saturated carbocycles.